The van der Waals surface area contributed by atoms with Gasteiger partial charge in [0.1, 0.15) is 34.2 Å². The number of hydrogen-bond acceptors (Lipinski definition) is 7. The van der Waals surface area contributed by atoms with Gasteiger partial charge in [0.05, 0.1) is 42.1 Å². The van der Waals surface area contributed by atoms with Crippen molar-refractivity contribution in [2.24, 2.45) is 0 Å². The summed E-state index contributed by atoms with van der Waals surface area (Å²) >= 11 is 0.986. The Morgan fingerprint density at radius 2 is 1.48 bits per heavy atom. The largest absolute Gasteiger partial charge is 0.737 e. The molecule has 13 heteroatoms. The highest BCUT2D eigenvalue weighted by Crippen LogP contribution is 2.48. The Hall–Kier alpha value is -7.17. The summed E-state index contributed by atoms with van der Waals surface area (Å²) in [5.74, 6) is -0.307. The molecule has 5 aromatic carbocycles. The molecule has 302 valence electrons. The number of fused-ring (bicyclic) bond motifs is 5. The van der Waals surface area contributed by atoms with Gasteiger partial charge in [0.2, 0.25) is 0 Å². The van der Waals surface area contributed by atoms with E-state index in [-0.39, 0.29) is 0 Å². The molecule has 7 aromatic rings. The number of para-hydroxylation sites is 2. The van der Waals surface area contributed by atoms with Crippen LogP contribution in [0.4, 0.5) is 8.63 Å². The topological polar surface area (TPSA) is 113 Å². The Bertz CT molecular complexity index is 3020. The Morgan fingerprint density at radius 3 is 2.18 bits per heavy atom. The van der Waals surface area contributed by atoms with E-state index in [0.29, 0.717) is 85.3 Å². The Labute approximate surface area is 355 Å². The van der Waals surface area contributed by atoms with Gasteiger partial charge in [-0.3, -0.25) is 0 Å². The van der Waals surface area contributed by atoms with E-state index in [4.69, 9.17) is 9.47 Å². The predicted octanol–water partition coefficient (Wildman–Crippen LogP) is 11.1. The summed E-state index contributed by atoms with van der Waals surface area (Å²) in [5, 5.41) is 18.8. The first-order valence-electron chi connectivity index (χ1n) is 20.1. The van der Waals surface area contributed by atoms with Crippen LogP contribution in [-0.4, -0.2) is 55.2 Å². The molecule has 2 aromatic heterocycles. The number of nitrogens with zero attached hydrogens (tertiary/aromatic N) is 5. The fourth-order valence-electron chi connectivity index (χ4n) is 8.46. The van der Waals surface area contributed by atoms with Gasteiger partial charge < -0.3 is 32.2 Å². The molecule has 0 unspecified atom stereocenters. The summed E-state index contributed by atoms with van der Waals surface area (Å²) in [5.41, 5.74) is 7.93. The van der Waals surface area contributed by atoms with Crippen molar-refractivity contribution in [3.63, 3.8) is 0 Å². The molecule has 0 aliphatic carbocycles. The zero-order chi connectivity index (χ0) is 42.3. The maximum Gasteiger partial charge on any atom is 0.737 e. The zero-order valence-corrected chi connectivity index (χ0v) is 34.1. The molecular weight excluding hydrogens is 791 g/mol. The molecular formula is C48H38BF2N5O4S. The number of aromatic nitrogens is 3. The van der Waals surface area contributed by atoms with Crippen LogP contribution in [0.5, 0.6) is 11.5 Å². The van der Waals surface area contributed by atoms with Crippen LogP contribution in [0.3, 0.4) is 0 Å². The number of methoxy groups -OCH3 is 1. The summed E-state index contributed by atoms with van der Waals surface area (Å²) in [6, 6.07) is 36.9. The van der Waals surface area contributed by atoms with E-state index in [1.54, 1.807) is 25.3 Å². The number of aliphatic carboxylic acids is 1. The van der Waals surface area contributed by atoms with Crippen molar-refractivity contribution in [3.8, 4) is 51.1 Å². The normalized spacial score (nSPS) is 14.0. The first-order valence-corrected chi connectivity index (χ1v) is 20.8. The van der Waals surface area contributed by atoms with E-state index in [1.165, 1.54) is 15.0 Å². The number of unbranched alkanes of at least 4 members (excludes halogenated alkanes) is 3. The van der Waals surface area contributed by atoms with Crippen molar-refractivity contribution >= 4 is 59.3 Å². The number of hydrogen-bond donors (Lipinski definition) is 1. The molecule has 0 amide bonds. The third kappa shape index (κ3) is 6.79. The summed E-state index contributed by atoms with van der Waals surface area (Å²) in [7, 11) is 1.55. The molecule has 9 nitrogen and oxygen atoms in total. The standard InChI is InChI=1S/C48H38BF2N5O4S/c1-3-4-5-12-25-60-44-18-11-8-15-37(44)40-27-39(31-21-19-30(20-22-31)34-24-23-32(26-33(29-52)48(57)58)45-46(34)54-61-53-45)42-28-41-35-13-6-7-14-36(35)47(56(41)49(50,51)55(40)42)38-16-9-10-17-43(38)59-2/h6-11,13-24,26-28H,3-5,12,25H2,1-2H3,(H,57,58)/b33-26+. The first-order chi connectivity index (χ1) is 29.7. The van der Waals surface area contributed by atoms with Gasteiger partial charge in [-0.25, -0.2) is 4.79 Å². The second kappa shape index (κ2) is 16.1. The predicted molar refractivity (Wildman–Crippen MR) is 237 cm³/mol. The fraction of sp³-hybridized carbons (Fsp3) is 0.146. The SMILES string of the molecule is CCCCCCOc1ccccc1-c1cc(-c2ccc(-c3ccc(/C=C(\C#N)C(=O)O)c4nsnc34)cc2)c2n1[B-](F)(F)[N+]1=C(c3ccccc3OC)c3ccccc3C1=C2. The van der Waals surface area contributed by atoms with Gasteiger partial charge in [-0.2, -0.15) is 14.0 Å². The fourth-order valence-corrected chi connectivity index (χ4v) is 9.04. The van der Waals surface area contributed by atoms with Crippen LogP contribution in [0.25, 0.3) is 62.4 Å². The molecule has 4 heterocycles. The van der Waals surface area contributed by atoms with E-state index in [1.807, 2.05) is 109 Å². The van der Waals surface area contributed by atoms with Crippen molar-refractivity contribution in [2.45, 2.75) is 32.6 Å². The lowest BCUT2D eigenvalue weighted by atomic mass is 9.88. The van der Waals surface area contributed by atoms with Crippen molar-refractivity contribution < 1.29 is 32.5 Å². The molecule has 0 radical (unpaired) electrons. The van der Waals surface area contributed by atoms with Gasteiger partial charge in [0, 0.05) is 39.7 Å². The number of carbonyl (C=O) groups is 1. The van der Waals surface area contributed by atoms with E-state index < -0.39 is 18.5 Å². The molecule has 0 saturated heterocycles. The van der Waals surface area contributed by atoms with Crippen LogP contribution in [-0.2, 0) is 4.79 Å². The van der Waals surface area contributed by atoms with Gasteiger partial charge in [-0.15, -0.1) is 0 Å². The van der Waals surface area contributed by atoms with E-state index in [9.17, 15) is 15.2 Å². The van der Waals surface area contributed by atoms with Crippen molar-refractivity contribution in [1.29, 1.82) is 5.26 Å². The smallest absolute Gasteiger partial charge is 0.496 e. The van der Waals surface area contributed by atoms with E-state index in [0.717, 1.165) is 54.1 Å². The van der Waals surface area contributed by atoms with Crippen molar-refractivity contribution in [1.82, 2.24) is 13.2 Å². The molecule has 1 N–H and O–H groups in total. The Kier molecular flexibility index (Phi) is 10.4. The highest BCUT2D eigenvalue weighted by molar-refractivity contribution is 7.00. The van der Waals surface area contributed by atoms with E-state index in [2.05, 4.69) is 15.7 Å². The number of nitriles is 1. The Morgan fingerprint density at radius 1 is 0.820 bits per heavy atom. The van der Waals surface area contributed by atoms with Crippen LogP contribution < -0.4 is 9.47 Å². The summed E-state index contributed by atoms with van der Waals surface area (Å²) in [4.78, 5) is 11.6. The molecule has 9 rings (SSSR count). The quantitative estimate of drug-likeness (QED) is 0.0533. The number of carboxylic acids is 1. The third-order valence-corrected chi connectivity index (χ3v) is 11.8. The number of halogens is 2. The van der Waals surface area contributed by atoms with Crippen molar-refractivity contribution in [3.05, 3.63) is 149 Å². The van der Waals surface area contributed by atoms with Gasteiger partial charge in [0.15, 0.2) is 11.4 Å². The number of benzene rings is 5. The van der Waals surface area contributed by atoms with Crippen LogP contribution in [0.1, 0.15) is 60.6 Å². The van der Waals surface area contributed by atoms with Crippen LogP contribution in [0.15, 0.2) is 121 Å². The molecule has 0 spiro atoms. The molecule has 0 saturated carbocycles. The van der Waals surface area contributed by atoms with Crippen LogP contribution in [0.2, 0.25) is 0 Å². The molecule has 2 aliphatic heterocycles. The number of ether oxygens (including phenoxy) is 2. The van der Waals surface area contributed by atoms with Gasteiger partial charge in [-0.1, -0.05) is 99.0 Å². The zero-order valence-electron chi connectivity index (χ0n) is 33.3. The minimum absolute atomic E-state index is 0.325. The lowest BCUT2D eigenvalue weighted by Gasteiger charge is -2.31. The molecule has 2 aliphatic rings. The highest BCUT2D eigenvalue weighted by atomic mass is 32.1. The monoisotopic (exact) mass is 829 g/mol. The lowest BCUT2D eigenvalue weighted by Crippen LogP contribution is -2.50. The number of carboxylic acid groups (broad SMARTS) is 1. The summed E-state index contributed by atoms with van der Waals surface area (Å²) < 4.78 is 59.8. The second-order valence-electron chi connectivity index (χ2n) is 14.9. The summed E-state index contributed by atoms with van der Waals surface area (Å²) in [6.07, 6.45) is 7.21. The Balaban J connectivity index is 1.22. The highest BCUT2D eigenvalue weighted by Gasteiger charge is 2.56. The van der Waals surface area contributed by atoms with Crippen molar-refractivity contribution in [2.75, 3.05) is 13.7 Å². The number of rotatable bonds is 13. The first kappa shape index (κ1) is 39.3. The molecule has 61 heavy (non-hydrogen) atoms. The maximum atomic E-state index is 18.2. The minimum Gasteiger partial charge on any atom is -0.496 e. The molecule has 0 bridgehead atoms. The van der Waals surface area contributed by atoms with Gasteiger partial charge in [0.25, 0.3) is 0 Å². The average Bonchev–Trinajstić information content (AvgIpc) is 4.02. The lowest BCUT2D eigenvalue weighted by molar-refractivity contribution is -0.316. The average molecular weight is 830 g/mol. The minimum atomic E-state index is -4.54. The summed E-state index contributed by atoms with van der Waals surface area (Å²) in [6.45, 7) is -1.92. The third-order valence-electron chi connectivity index (χ3n) is 11.3. The molecule has 0 atom stereocenters. The second-order valence-corrected chi connectivity index (χ2v) is 15.4. The van der Waals surface area contributed by atoms with Gasteiger partial charge >= 0.3 is 12.9 Å². The molecule has 0 fully saturated rings. The van der Waals surface area contributed by atoms with Crippen LogP contribution >= 0.6 is 11.7 Å². The van der Waals surface area contributed by atoms with E-state index >= 15 is 8.63 Å². The maximum absolute atomic E-state index is 18.2. The van der Waals surface area contributed by atoms with Crippen LogP contribution in [0, 0.1) is 11.3 Å². The van der Waals surface area contributed by atoms with Gasteiger partial charge in [-0.05, 0) is 66.1 Å².